The van der Waals surface area contributed by atoms with Gasteiger partial charge in [-0.2, -0.15) is 0 Å². The number of nitrogens with one attached hydrogen (secondary N) is 1. The summed E-state index contributed by atoms with van der Waals surface area (Å²) in [5.74, 6) is 0.947. The lowest BCUT2D eigenvalue weighted by Gasteiger charge is -2.31. The Balaban J connectivity index is 1.90. The van der Waals surface area contributed by atoms with E-state index in [2.05, 4.69) is 29.0 Å². The molecule has 122 valence electrons. The van der Waals surface area contributed by atoms with Crippen LogP contribution in [0.15, 0.2) is 18.3 Å². The van der Waals surface area contributed by atoms with Gasteiger partial charge in [0.15, 0.2) is 0 Å². The van der Waals surface area contributed by atoms with Gasteiger partial charge in [-0.1, -0.05) is 25.3 Å². The second kappa shape index (κ2) is 7.58. The summed E-state index contributed by atoms with van der Waals surface area (Å²) in [4.78, 5) is 19.0. The van der Waals surface area contributed by atoms with Crippen molar-refractivity contribution in [2.75, 3.05) is 18.0 Å². The first-order valence-corrected chi connectivity index (χ1v) is 8.36. The molecule has 1 aliphatic carbocycles. The molecule has 2 rings (SSSR count). The minimum Gasteiger partial charge on any atom is -0.357 e. The fourth-order valence-corrected chi connectivity index (χ4v) is 3.02. The van der Waals surface area contributed by atoms with E-state index in [0.717, 1.165) is 50.2 Å². The molecular weight excluding hydrogens is 276 g/mol. The lowest BCUT2D eigenvalue weighted by molar-refractivity contribution is -0.127. The van der Waals surface area contributed by atoms with Crippen LogP contribution in [0.1, 0.15) is 51.5 Å². The Morgan fingerprint density at radius 2 is 1.95 bits per heavy atom. The molecule has 0 bridgehead atoms. The predicted octanol–water partition coefficient (Wildman–Crippen LogP) is 2.21. The zero-order chi connectivity index (χ0) is 16.0. The number of aromatic nitrogens is 1. The van der Waals surface area contributed by atoms with Crippen LogP contribution >= 0.6 is 0 Å². The summed E-state index contributed by atoms with van der Waals surface area (Å²) in [5.41, 5.74) is 6.56. The Bertz CT molecular complexity index is 476. The van der Waals surface area contributed by atoms with Gasteiger partial charge in [-0.15, -0.1) is 0 Å². The summed E-state index contributed by atoms with van der Waals surface area (Å²) in [5, 5.41) is 2.97. The van der Waals surface area contributed by atoms with Gasteiger partial charge in [0.05, 0.1) is 5.54 Å². The lowest BCUT2D eigenvalue weighted by atomic mass is 9.82. The first kappa shape index (κ1) is 16.7. The Morgan fingerprint density at radius 3 is 2.50 bits per heavy atom. The molecule has 1 fully saturated rings. The predicted molar refractivity (Wildman–Crippen MR) is 89.6 cm³/mol. The number of anilines is 1. The van der Waals surface area contributed by atoms with Crippen molar-refractivity contribution in [3.05, 3.63) is 23.9 Å². The van der Waals surface area contributed by atoms with Crippen LogP contribution in [0, 0.1) is 0 Å². The van der Waals surface area contributed by atoms with E-state index in [-0.39, 0.29) is 5.91 Å². The largest absolute Gasteiger partial charge is 0.357 e. The number of nitrogens with zero attached hydrogens (tertiary/aromatic N) is 2. The van der Waals surface area contributed by atoms with Crippen molar-refractivity contribution < 1.29 is 4.79 Å². The Kier molecular flexibility index (Phi) is 5.77. The average Bonchev–Trinajstić information content (AvgIpc) is 2.55. The maximum absolute atomic E-state index is 12.3. The number of rotatable bonds is 6. The quantitative estimate of drug-likeness (QED) is 0.845. The second-order valence-corrected chi connectivity index (χ2v) is 6.10. The molecule has 5 heteroatoms. The third kappa shape index (κ3) is 3.97. The van der Waals surface area contributed by atoms with E-state index in [1.807, 2.05) is 18.3 Å². The van der Waals surface area contributed by atoms with Crippen LogP contribution in [0.4, 0.5) is 5.82 Å². The molecule has 5 nitrogen and oxygen atoms in total. The number of carbonyl (C=O) groups is 1. The highest BCUT2D eigenvalue weighted by Crippen LogP contribution is 2.26. The molecule has 0 aliphatic heterocycles. The summed E-state index contributed by atoms with van der Waals surface area (Å²) in [7, 11) is 0. The van der Waals surface area contributed by atoms with Crippen molar-refractivity contribution in [3.63, 3.8) is 0 Å². The van der Waals surface area contributed by atoms with Crippen LogP contribution < -0.4 is 16.0 Å². The molecule has 0 radical (unpaired) electrons. The number of hydrogen-bond donors (Lipinski definition) is 2. The van der Waals surface area contributed by atoms with Crippen LogP contribution in [0.2, 0.25) is 0 Å². The van der Waals surface area contributed by atoms with Crippen LogP contribution in [0.3, 0.4) is 0 Å². The molecule has 1 aliphatic rings. The highest BCUT2D eigenvalue weighted by atomic mass is 16.2. The van der Waals surface area contributed by atoms with Crippen LogP contribution in [0.5, 0.6) is 0 Å². The third-order valence-corrected chi connectivity index (χ3v) is 4.55. The number of pyridine rings is 1. The van der Waals surface area contributed by atoms with Gasteiger partial charge in [0.25, 0.3) is 0 Å². The maximum atomic E-state index is 12.3. The van der Waals surface area contributed by atoms with Crippen molar-refractivity contribution >= 4 is 11.7 Å². The fourth-order valence-electron chi connectivity index (χ4n) is 3.02. The highest BCUT2D eigenvalue weighted by Gasteiger charge is 2.34. The average molecular weight is 304 g/mol. The molecule has 1 saturated carbocycles. The number of carbonyl (C=O) groups excluding carboxylic acids is 1. The maximum Gasteiger partial charge on any atom is 0.240 e. The van der Waals surface area contributed by atoms with Gasteiger partial charge < -0.3 is 16.0 Å². The zero-order valence-corrected chi connectivity index (χ0v) is 13.8. The van der Waals surface area contributed by atoms with Crippen LogP contribution in [0.25, 0.3) is 0 Å². The molecule has 0 atom stereocenters. The van der Waals surface area contributed by atoms with Gasteiger partial charge in [0.2, 0.25) is 5.91 Å². The molecule has 3 N–H and O–H groups in total. The van der Waals surface area contributed by atoms with Gasteiger partial charge >= 0.3 is 0 Å². The molecule has 0 unspecified atom stereocenters. The van der Waals surface area contributed by atoms with Gasteiger partial charge in [0, 0.05) is 25.8 Å². The monoisotopic (exact) mass is 304 g/mol. The summed E-state index contributed by atoms with van der Waals surface area (Å²) in [6, 6.07) is 4.03. The lowest BCUT2D eigenvalue weighted by Crippen LogP contribution is -2.54. The molecule has 1 heterocycles. The molecule has 1 aromatic heterocycles. The molecule has 1 aromatic rings. The molecule has 22 heavy (non-hydrogen) atoms. The van der Waals surface area contributed by atoms with E-state index in [0.29, 0.717) is 6.54 Å². The van der Waals surface area contributed by atoms with E-state index in [4.69, 9.17) is 5.73 Å². The Labute approximate surface area is 133 Å². The zero-order valence-electron chi connectivity index (χ0n) is 13.8. The summed E-state index contributed by atoms with van der Waals surface area (Å²) < 4.78 is 0. The Hall–Kier alpha value is -1.62. The van der Waals surface area contributed by atoms with Gasteiger partial charge in [0.1, 0.15) is 5.82 Å². The first-order chi connectivity index (χ1) is 10.6. The van der Waals surface area contributed by atoms with Gasteiger partial charge in [-0.05, 0) is 38.3 Å². The van der Waals surface area contributed by atoms with Gasteiger partial charge in [-0.25, -0.2) is 4.98 Å². The van der Waals surface area contributed by atoms with Crippen molar-refractivity contribution in [1.82, 2.24) is 10.3 Å². The standard InChI is InChI=1S/C17H28N4O/c1-3-21(4-2)15-9-8-14(12-19-15)13-20-16(22)17(18)10-6-5-7-11-17/h8-9,12H,3-7,10-11,13,18H2,1-2H3,(H,20,22). The Morgan fingerprint density at radius 1 is 1.27 bits per heavy atom. The van der Waals surface area contributed by atoms with E-state index in [9.17, 15) is 4.79 Å². The summed E-state index contributed by atoms with van der Waals surface area (Å²) >= 11 is 0. The van der Waals surface area contributed by atoms with E-state index >= 15 is 0 Å². The smallest absolute Gasteiger partial charge is 0.240 e. The normalized spacial score (nSPS) is 17.0. The van der Waals surface area contributed by atoms with E-state index < -0.39 is 5.54 Å². The minimum atomic E-state index is -0.674. The third-order valence-electron chi connectivity index (χ3n) is 4.55. The summed E-state index contributed by atoms with van der Waals surface area (Å²) in [6.07, 6.45) is 6.69. The SMILES string of the molecule is CCN(CC)c1ccc(CNC(=O)C2(N)CCCCC2)cn1. The van der Waals surface area contributed by atoms with Crippen molar-refractivity contribution in [2.45, 2.75) is 58.0 Å². The molecule has 0 aromatic carbocycles. The molecule has 0 spiro atoms. The minimum absolute atomic E-state index is 0.0278. The topological polar surface area (TPSA) is 71.2 Å². The van der Waals surface area contributed by atoms with Crippen LogP contribution in [-0.4, -0.2) is 29.5 Å². The van der Waals surface area contributed by atoms with Crippen LogP contribution in [-0.2, 0) is 11.3 Å². The molecular formula is C17H28N4O. The molecule has 0 saturated heterocycles. The highest BCUT2D eigenvalue weighted by molar-refractivity contribution is 5.86. The number of amides is 1. The number of hydrogen-bond acceptors (Lipinski definition) is 4. The molecule has 1 amide bonds. The second-order valence-electron chi connectivity index (χ2n) is 6.10. The first-order valence-electron chi connectivity index (χ1n) is 8.36. The fraction of sp³-hybridized carbons (Fsp3) is 0.647. The van der Waals surface area contributed by atoms with E-state index in [1.54, 1.807) is 0 Å². The van der Waals surface area contributed by atoms with Crippen molar-refractivity contribution in [1.29, 1.82) is 0 Å². The van der Waals surface area contributed by atoms with Crippen molar-refractivity contribution in [2.24, 2.45) is 5.73 Å². The van der Waals surface area contributed by atoms with E-state index in [1.165, 1.54) is 6.42 Å². The van der Waals surface area contributed by atoms with Gasteiger partial charge in [-0.3, -0.25) is 4.79 Å². The summed E-state index contributed by atoms with van der Waals surface area (Å²) in [6.45, 7) is 6.60. The number of nitrogens with two attached hydrogens (primary N) is 1. The van der Waals surface area contributed by atoms with Crippen molar-refractivity contribution in [3.8, 4) is 0 Å².